The summed E-state index contributed by atoms with van der Waals surface area (Å²) in [4.78, 5) is 31.7. The van der Waals surface area contributed by atoms with Crippen LogP contribution in [0.25, 0.3) is 10.9 Å². The van der Waals surface area contributed by atoms with Crippen molar-refractivity contribution in [1.82, 2.24) is 9.88 Å². The van der Waals surface area contributed by atoms with E-state index in [2.05, 4.69) is 17.0 Å². The number of nitrogens with zero attached hydrogens (tertiary/aromatic N) is 3. The van der Waals surface area contributed by atoms with Crippen molar-refractivity contribution in [3.63, 3.8) is 0 Å². The number of hydrogen-bond donors (Lipinski definition) is 1. The van der Waals surface area contributed by atoms with Crippen molar-refractivity contribution in [2.24, 2.45) is 4.99 Å². The van der Waals surface area contributed by atoms with Crippen molar-refractivity contribution in [3.05, 3.63) is 27.3 Å². The molecule has 9 heteroatoms. The summed E-state index contributed by atoms with van der Waals surface area (Å²) in [7, 11) is 2.69. The van der Waals surface area contributed by atoms with Crippen molar-refractivity contribution < 1.29 is 18.7 Å². The Labute approximate surface area is 179 Å². The van der Waals surface area contributed by atoms with Gasteiger partial charge in [0.15, 0.2) is 11.6 Å². The van der Waals surface area contributed by atoms with Crippen LogP contribution in [0.4, 0.5) is 15.8 Å². The Morgan fingerprint density at radius 1 is 1.32 bits per heavy atom. The molecule has 0 spiro atoms. The largest absolute Gasteiger partial charge is 0.492 e. The number of halogens is 1. The lowest BCUT2D eigenvalue weighted by Gasteiger charge is -2.35. The Bertz CT molecular complexity index is 1140. The molecule has 1 unspecified atom stereocenters. The summed E-state index contributed by atoms with van der Waals surface area (Å²) < 4.78 is 28.4. The molecule has 1 aliphatic carbocycles. The van der Waals surface area contributed by atoms with E-state index < -0.39 is 17.2 Å². The molecule has 2 aromatic rings. The number of nitrogens with one attached hydrogen (secondary N) is 1. The predicted octanol–water partition coefficient (Wildman–Crippen LogP) is 2.71. The van der Waals surface area contributed by atoms with Gasteiger partial charge >= 0.3 is 5.97 Å². The number of methoxy groups -OCH3 is 2. The van der Waals surface area contributed by atoms with Gasteiger partial charge < -0.3 is 24.3 Å². The van der Waals surface area contributed by atoms with Crippen LogP contribution in [0.5, 0.6) is 5.75 Å². The van der Waals surface area contributed by atoms with Crippen molar-refractivity contribution in [3.8, 4) is 5.75 Å². The third-order valence-corrected chi connectivity index (χ3v) is 6.09. The molecule has 8 nitrogen and oxygen atoms in total. The van der Waals surface area contributed by atoms with E-state index in [9.17, 15) is 9.59 Å². The molecule has 166 valence electrons. The van der Waals surface area contributed by atoms with Crippen LogP contribution in [-0.4, -0.2) is 57.1 Å². The van der Waals surface area contributed by atoms with Crippen LogP contribution in [0.2, 0.25) is 0 Å². The fourth-order valence-corrected chi connectivity index (χ4v) is 4.57. The number of carbonyl (C=O) groups is 1. The molecular weight excluding hydrogens is 403 g/mol. The molecule has 31 heavy (non-hydrogen) atoms. The second-order valence-electron chi connectivity index (χ2n) is 8.11. The van der Waals surface area contributed by atoms with Gasteiger partial charge in [-0.2, -0.15) is 0 Å². The van der Waals surface area contributed by atoms with E-state index in [0.717, 1.165) is 12.8 Å². The maximum Gasteiger partial charge on any atom is 0.343 e. The lowest BCUT2D eigenvalue weighted by atomic mass is 10.0. The van der Waals surface area contributed by atoms with E-state index in [0.29, 0.717) is 30.8 Å². The van der Waals surface area contributed by atoms with E-state index in [1.54, 1.807) is 6.92 Å². The standard InChI is InChI=1S/C22H27FN4O4/c1-11-10-26(9-8-25-11)19-16(23)17(24-3)15-18(21(19)30-4)27(13-6-7-13)12(2)14(20(15)28)22(29)31-5/h11,13,25H,3,6-10H2,1-2,4-5H3. The first-order valence-electron chi connectivity index (χ1n) is 10.4. The number of carbonyl (C=O) groups excluding carboxylic acids is 1. The minimum absolute atomic E-state index is 0.00539. The van der Waals surface area contributed by atoms with Gasteiger partial charge in [-0.15, -0.1) is 0 Å². The Kier molecular flexibility index (Phi) is 5.47. The number of hydrogen-bond acceptors (Lipinski definition) is 7. The number of aliphatic imine (C=N–C) groups is 1. The minimum atomic E-state index is -0.756. The van der Waals surface area contributed by atoms with Crippen LogP contribution < -0.4 is 20.4 Å². The van der Waals surface area contributed by atoms with Gasteiger partial charge in [0, 0.05) is 37.4 Å². The molecule has 1 saturated carbocycles. The lowest BCUT2D eigenvalue weighted by Crippen LogP contribution is -2.49. The molecule has 1 saturated heterocycles. The summed E-state index contributed by atoms with van der Waals surface area (Å²) in [6.07, 6.45) is 1.77. The molecule has 2 heterocycles. The number of piperazine rings is 1. The second kappa shape index (κ2) is 7.96. The van der Waals surface area contributed by atoms with E-state index in [1.807, 2.05) is 16.4 Å². The molecule has 2 fully saturated rings. The third kappa shape index (κ3) is 3.27. The summed E-state index contributed by atoms with van der Waals surface area (Å²) in [5, 5.41) is 3.34. The molecule has 2 aliphatic rings. The molecule has 0 bridgehead atoms. The molecule has 1 N–H and O–H groups in total. The first-order valence-corrected chi connectivity index (χ1v) is 10.4. The predicted molar refractivity (Wildman–Crippen MR) is 118 cm³/mol. The summed E-state index contributed by atoms with van der Waals surface area (Å²) in [5.74, 6) is -1.15. The SMILES string of the molecule is C=Nc1c(F)c(N2CCNC(C)C2)c(OC)c2c1c(=O)c(C(=O)OC)c(C)n2C1CC1. The first-order chi connectivity index (χ1) is 14.8. The van der Waals surface area contributed by atoms with Crippen molar-refractivity contribution in [1.29, 1.82) is 0 Å². The number of rotatable bonds is 5. The zero-order valence-corrected chi connectivity index (χ0v) is 18.2. The highest BCUT2D eigenvalue weighted by molar-refractivity contribution is 6.04. The molecule has 1 aromatic carbocycles. The summed E-state index contributed by atoms with van der Waals surface area (Å²) in [6.45, 7) is 9.09. The van der Waals surface area contributed by atoms with E-state index >= 15 is 4.39 Å². The Balaban J connectivity index is 2.18. The highest BCUT2D eigenvalue weighted by Crippen LogP contribution is 2.48. The molecule has 0 radical (unpaired) electrons. The quantitative estimate of drug-likeness (QED) is 0.580. The zero-order valence-electron chi connectivity index (χ0n) is 18.2. The number of pyridine rings is 1. The summed E-state index contributed by atoms with van der Waals surface area (Å²) in [5.41, 5.74) is 0.288. The number of ether oxygens (including phenoxy) is 2. The van der Waals surface area contributed by atoms with Crippen LogP contribution in [0.1, 0.15) is 41.9 Å². The fraction of sp³-hybridized carbons (Fsp3) is 0.500. The lowest BCUT2D eigenvalue weighted by molar-refractivity contribution is 0.0597. The molecule has 0 amide bonds. The average molecular weight is 430 g/mol. The van der Waals surface area contributed by atoms with Crippen LogP contribution in [0, 0.1) is 12.7 Å². The summed E-state index contributed by atoms with van der Waals surface area (Å²) in [6, 6.07) is 0.237. The van der Waals surface area contributed by atoms with E-state index in [-0.39, 0.29) is 40.2 Å². The zero-order chi connectivity index (χ0) is 22.4. The minimum Gasteiger partial charge on any atom is -0.492 e. The highest BCUT2D eigenvalue weighted by Gasteiger charge is 2.36. The number of aromatic nitrogens is 1. The number of anilines is 1. The Hall–Kier alpha value is -2.94. The maximum absolute atomic E-state index is 15.9. The Morgan fingerprint density at radius 3 is 2.58 bits per heavy atom. The Morgan fingerprint density at radius 2 is 2.03 bits per heavy atom. The molecule has 1 aliphatic heterocycles. The van der Waals surface area contributed by atoms with Crippen molar-refractivity contribution >= 4 is 35.0 Å². The van der Waals surface area contributed by atoms with Gasteiger partial charge in [0.2, 0.25) is 5.43 Å². The maximum atomic E-state index is 15.9. The average Bonchev–Trinajstić information content (AvgIpc) is 3.58. The normalized spacial score (nSPS) is 18.9. The van der Waals surface area contributed by atoms with Crippen LogP contribution in [-0.2, 0) is 4.74 Å². The van der Waals surface area contributed by atoms with Crippen molar-refractivity contribution in [2.75, 3.05) is 38.8 Å². The molecule has 4 rings (SSSR count). The van der Waals surface area contributed by atoms with Crippen LogP contribution >= 0.6 is 0 Å². The summed E-state index contributed by atoms with van der Waals surface area (Å²) >= 11 is 0. The van der Waals surface area contributed by atoms with Gasteiger partial charge in [-0.25, -0.2) is 9.18 Å². The van der Waals surface area contributed by atoms with Gasteiger partial charge in [-0.05, 0) is 33.4 Å². The van der Waals surface area contributed by atoms with Gasteiger partial charge in [-0.1, -0.05) is 0 Å². The van der Waals surface area contributed by atoms with Crippen LogP contribution in [0.3, 0.4) is 0 Å². The highest BCUT2D eigenvalue weighted by atomic mass is 19.1. The van der Waals surface area contributed by atoms with Crippen molar-refractivity contribution in [2.45, 2.75) is 38.8 Å². The third-order valence-electron chi connectivity index (χ3n) is 6.09. The topological polar surface area (TPSA) is 85.2 Å². The monoisotopic (exact) mass is 430 g/mol. The van der Waals surface area contributed by atoms with Gasteiger partial charge in [-0.3, -0.25) is 9.79 Å². The molecule has 1 aromatic heterocycles. The number of fused-ring (bicyclic) bond motifs is 1. The van der Waals surface area contributed by atoms with Gasteiger partial charge in [0.1, 0.15) is 16.9 Å². The van der Waals surface area contributed by atoms with E-state index in [4.69, 9.17) is 9.47 Å². The molecular formula is C22H27FN4O4. The second-order valence-corrected chi connectivity index (χ2v) is 8.11. The smallest absolute Gasteiger partial charge is 0.343 e. The number of benzene rings is 1. The van der Waals surface area contributed by atoms with Gasteiger partial charge in [0.25, 0.3) is 0 Å². The number of esters is 1. The van der Waals surface area contributed by atoms with Gasteiger partial charge in [0.05, 0.1) is 25.1 Å². The van der Waals surface area contributed by atoms with E-state index in [1.165, 1.54) is 14.2 Å². The first kappa shape index (κ1) is 21.3. The van der Waals surface area contributed by atoms with Crippen LogP contribution in [0.15, 0.2) is 9.79 Å². The fourth-order valence-electron chi connectivity index (χ4n) is 4.57. The molecule has 1 atom stereocenters.